The number of sulfone groups is 1. The minimum atomic E-state index is -3.16. The highest BCUT2D eigenvalue weighted by atomic mass is 32.2. The largest absolute Gasteiger partial charge is 0.507 e. The predicted octanol–water partition coefficient (Wildman–Crippen LogP) is 0.596. The summed E-state index contributed by atoms with van der Waals surface area (Å²) in [6.45, 7) is 0. The van der Waals surface area contributed by atoms with Crippen molar-refractivity contribution in [3.63, 3.8) is 0 Å². The zero-order chi connectivity index (χ0) is 8.48. The lowest BCUT2D eigenvalue weighted by Crippen LogP contribution is -1.95. The molecule has 1 rings (SSSR count). The maximum absolute atomic E-state index is 10.8. The van der Waals surface area contributed by atoms with E-state index in [-0.39, 0.29) is 10.6 Å². The molecule has 3 nitrogen and oxygen atoms in total. The smallest absolute Gasteiger partial charge is 0.175 e. The van der Waals surface area contributed by atoms with Crippen LogP contribution in [0.1, 0.15) is 0 Å². The molecule has 0 heterocycles. The number of phenolic OH excluding ortho intramolecular Hbond substituents is 1. The number of hydrogen-bond donors (Lipinski definition) is 1. The Morgan fingerprint density at radius 1 is 1.45 bits per heavy atom. The van der Waals surface area contributed by atoms with Gasteiger partial charge in [0.25, 0.3) is 0 Å². The quantitative estimate of drug-likeness (QED) is 0.673. The van der Waals surface area contributed by atoms with E-state index in [9.17, 15) is 8.42 Å². The van der Waals surface area contributed by atoms with E-state index in [0.717, 1.165) is 6.26 Å². The summed E-state index contributed by atoms with van der Waals surface area (Å²) in [4.78, 5) is 0.162. The number of rotatable bonds is 1. The predicted molar refractivity (Wildman–Crippen MR) is 40.1 cm³/mol. The van der Waals surface area contributed by atoms with Gasteiger partial charge in [-0.25, -0.2) is 8.42 Å². The highest BCUT2D eigenvalue weighted by molar-refractivity contribution is 7.90. The molecule has 0 spiro atoms. The molecule has 0 saturated heterocycles. The van der Waals surface area contributed by atoms with Gasteiger partial charge in [0.05, 0.1) is 4.90 Å². The Labute approximate surface area is 65.2 Å². The molecule has 11 heavy (non-hydrogen) atoms. The standard InChI is InChI=1S/C7H7O3S/c1-11(9,10)7-4-2-6(8)3-5-7/h2,4-5,8H,1H3. The maximum Gasteiger partial charge on any atom is 0.175 e. The lowest BCUT2D eigenvalue weighted by molar-refractivity contribution is 0.473. The highest BCUT2D eigenvalue weighted by Gasteiger charge is 2.05. The molecule has 0 unspecified atom stereocenters. The third-order valence-corrected chi connectivity index (χ3v) is 2.31. The number of hydrogen-bond acceptors (Lipinski definition) is 3. The Kier molecular flexibility index (Phi) is 1.87. The van der Waals surface area contributed by atoms with Gasteiger partial charge in [-0.3, -0.25) is 0 Å². The van der Waals surface area contributed by atoms with E-state index in [0.29, 0.717) is 0 Å². The lowest BCUT2D eigenvalue weighted by atomic mass is 10.3. The van der Waals surface area contributed by atoms with Crippen molar-refractivity contribution in [3.8, 4) is 5.75 Å². The van der Waals surface area contributed by atoms with E-state index < -0.39 is 9.84 Å². The zero-order valence-electron chi connectivity index (χ0n) is 5.90. The second-order valence-corrected chi connectivity index (χ2v) is 4.20. The summed E-state index contributed by atoms with van der Waals surface area (Å²) < 4.78 is 21.7. The molecule has 4 heteroatoms. The van der Waals surface area contributed by atoms with Crippen LogP contribution in [0.15, 0.2) is 23.1 Å². The first-order valence-electron chi connectivity index (χ1n) is 2.91. The van der Waals surface area contributed by atoms with Gasteiger partial charge in [-0.05, 0) is 18.2 Å². The topological polar surface area (TPSA) is 54.4 Å². The van der Waals surface area contributed by atoms with Crippen LogP contribution in [0.25, 0.3) is 0 Å². The van der Waals surface area contributed by atoms with E-state index in [1.807, 2.05) is 0 Å². The fourth-order valence-corrected chi connectivity index (χ4v) is 1.22. The molecule has 0 fully saturated rings. The monoisotopic (exact) mass is 171 g/mol. The van der Waals surface area contributed by atoms with Crippen molar-refractivity contribution in [2.24, 2.45) is 0 Å². The molecule has 0 bridgehead atoms. The summed E-state index contributed by atoms with van der Waals surface area (Å²) in [5, 5.41) is 8.77. The highest BCUT2D eigenvalue weighted by Crippen LogP contribution is 2.12. The molecular weight excluding hydrogens is 164 g/mol. The Balaban J connectivity index is 3.20. The summed E-state index contributed by atoms with van der Waals surface area (Å²) in [6, 6.07) is 6.25. The first kappa shape index (κ1) is 8.07. The summed E-state index contributed by atoms with van der Waals surface area (Å²) in [5.41, 5.74) is 0. The molecule has 1 aromatic carbocycles. The Hall–Kier alpha value is -1.03. The normalized spacial score (nSPS) is 11.4. The molecular formula is C7H7O3S. The van der Waals surface area contributed by atoms with Crippen molar-refractivity contribution >= 4 is 9.84 Å². The van der Waals surface area contributed by atoms with Crippen LogP contribution in [0, 0.1) is 6.07 Å². The Bertz CT molecular complexity index is 336. The van der Waals surface area contributed by atoms with Crippen LogP contribution in [-0.4, -0.2) is 19.8 Å². The molecule has 0 amide bonds. The van der Waals surface area contributed by atoms with E-state index >= 15 is 0 Å². The molecule has 0 aliphatic rings. The number of aromatic hydroxyl groups is 1. The number of benzene rings is 1. The van der Waals surface area contributed by atoms with Crippen LogP contribution in [0.2, 0.25) is 0 Å². The minimum absolute atomic E-state index is 0.0580. The van der Waals surface area contributed by atoms with Crippen LogP contribution in [0.5, 0.6) is 5.75 Å². The first-order chi connectivity index (χ1) is 5.00. The van der Waals surface area contributed by atoms with Gasteiger partial charge in [0.1, 0.15) is 5.75 Å². The third kappa shape index (κ3) is 1.94. The maximum atomic E-state index is 10.8. The van der Waals surface area contributed by atoms with Crippen molar-refractivity contribution in [2.45, 2.75) is 4.90 Å². The lowest BCUT2D eigenvalue weighted by Gasteiger charge is -1.95. The van der Waals surface area contributed by atoms with Crippen LogP contribution in [-0.2, 0) is 9.84 Å². The fraction of sp³-hybridized carbons (Fsp3) is 0.143. The fourth-order valence-electron chi connectivity index (χ4n) is 0.633. The van der Waals surface area contributed by atoms with Gasteiger partial charge in [0.2, 0.25) is 0 Å². The summed E-state index contributed by atoms with van der Waals surface area (Å²) in [6.07, 6.45) is 1.10. The van der Waals surface area contributed by atoms with Crippen molar-refractivity contribution in [3.05, 3.63) is 24.3 Å². The van der Waals surface area contributed by atoms with Crippen LogP contribution in [0.3, 0.4) is 0 Å². The van der Waals surface area contributed by atoms with Gasteiger partial charge in [-0.15, -0.1) is 0 Å². The van der Waals surface area contributed by atoms with E-state index in [4.69, 9.17) is 5.11 Å². The molecule has 0 aliphatic carbocycles. The molecule has 0 aromatic heterocycles. The van der Waals surface area contributed by atoms with Crippen LogP contribution < -0.4 is 0 Å². The van der Waals surface area contributed by atoms with Crippen LogP contribution in [0.4, 0.5) is 0 Å². The van der Waals surface area contributed by atoms with Gasteiger partial charge >= 0.3 is 0 Å². The Morgan fingerprint density at radius 2 is 2.09 bits per heavy atom. The molecule has 1 N–H and O–H groups in total. The van der Waals surface area contributed by atoms with Crippen molar-refractivity contribution < 1.29 is 13.5 Å². The number of phenols is 1. The van der Waals surface area contributed by atoms with Gasteiger partial charge in [-0.2, -0.15) is 0 Å². The SMILES string of the molecule is CS(=O)(=O)c1c[c]c(O)cc1. The molecule has 0 atom stereocenters. The van der Waals surface area contributed by atoms with Gasteiger partial charge in [0, 0.05) is 12.3 Å². The van der Waals surface area contributed by atoms with E-state index in [2.05, 4.69) is 6.07 Å². The Morgan fingerprint density at radius 3 is 2.45 bits per heavy atom. The molecule has 1 aromatic rings. The molecule has 59 valence electrons. The van der Waals surface area contributed by atoms with Gasteiger partial charge in [0.15, 0.2) is 9.84 Å². The van der Waals surface area contributed by atoms with Crippen molar-refractivity contribution in [2.75, 3.05) is 6.26 Å². The molecule has 0 aliphatic heterocycles. The summed E-state index contributed by atoms with van der Waals surface area (Å²) >= 11 is 0. The second-order valence-electron chi connectivity index (χ2n) is 2.18. The van der Waals surface area contributed by atoms with Crippen LogP contribution >= 0.6 is 0 Å². The average Bonchev–Trinajstić information content (AvgIpc) is 1.86. The van der Waals surface area contributed by atoms with Gasteiger partial charge in [-0.1, -0.05) is 0 Å². The first-order valence-corrected chi connectivity index (χ1v) is 4.80. The molecule has 0 saturated carbocycles. The van der Waals surface area contributed by atoms with Gasteiger partial charge < -0.3 is 5.11 Å². The van der Waals surface area contributed by atoms with Crippen molar-refractivity contribution in [1.82, 2.24) is 0 Å². The summed E-state index contributed by atoms with van der Waals surface area (Å²) in [5.74, 6) is -0.0580. The second kappa shape index (κ2) is 2.54. The van der Waals surface area contributed by atoms with E-state index in [1.54, 1.807) is 0 Å². The summed E-state index contributed by atoms with van der Waals surface area (Å²) in [7, 11) is -3.16. The third-order valence-electron chi connectivity index (χ3n) is 1.20. The minimum Gasteiger partial charge on any atom is -0.507 e. The van der Waals surface area contributed by atoms with E-state index in [1.165, 1.54) is 18.2 Å². The zero-order valence-corrected chi connectivity index (χ0v) is 6.72. The molecule has 1 radical (unpaired) electrons. The average molecular weight is 171 g/mol. The van der Waals surface area contributed by atoms with Crippen molar-refractivity contribution in [1.29, 1.82) is 0 Å².